The first-order chi connectivity index (χ1) is 13.6. The van der Waals surface area contributed by atoms with Crippen molar-refractivity contribution in [3.8, 4) is 22.0 Å². The summed E-state index contributed by atoms with van der Waals surface area (Å²) in [6.07, 6.45) is 2.18. The van der Waals surface area contributed by atoms with Gasteiger partial charge in [-0.05, 0) is 19.1 Å². The average molecular weight is 457 g/mol. The number of nitrogens with two attached hydrogens (primary N) is 1. The molecule has 3 aromatic rings. The first-order valence-corrected chi connectivity index (χ1v) is 11.0. The van der Waals surface area contributed by atoms with Crippen molar-refractivity contribution < 1.29 is 17.2 Å². The van der Waals surface area contributed by atoms with E-state index >= 15 is 0 Å². The van der Waals surface area contributed by atoms with Gasteiger partial charge in [0.05, 0.1) is 21.8 Å². The standard InChI is InChI=1S/C16H14ClFN6O3S2/c1-16(6-29(25,26)24(2)15(19)22-16)13-9(17)4-12(28-13)8-3-11(20-5-10(8)18)14-23-21-7-27-14/h3-5,7H,6H2,1-2H3,(H2,19,22). The number of pyridine rings is 1. The highest BCUT2D eigenvalue weighted by atomic mass is 35.5. The molecule has 0 radical (unpaired) electrons. The molecular weight excluding hydrogens is 443 g/mol. The van der Waals surface area contributed by atoms with Gasteiger partial charge < -0.3 is 10.2 Å². The van der Waals surface area contributed by atoms with Gasteiger partial charge in [-0.2, -0.15) is 0 Å². The maximum absolute atomic E-state index is 14.5. The Kier molecular flexibility index (Phi) is 4.59. The van der Waals surface area contributed by atoms with Gasteiger partial charge in [0.25, 0.3) is 5.89 Å². The summed E-state index contributed by atoms with van der Waals surface area (Å²) in [6, 6.07) is 3.01. The van der Waals surface area contributed by atoms with Crippen LogP contribution in [0.2, 0.25) is 5.02 Å². The molecule has 2 N–H and O–H groups in total. The molecule has 0 aliphatic carbocycles. The maximum atomic E-state index is 14.5. The van der Waals surface area contributed by atoms with E-state index in [0.29, 0.717) is 15.4 Å². The highest BCUT2D eigenvalue weighted by Crippen LogP contribution is 2.44. The van der Waals surface area contributed by atoms with Crippen LogP contribution in [0.4, 0.5) is 4.39 Å². The molecule has 0 bridgehead atoms. The zero-order chi connectivity index (χ0) is 21.0. The minimum atomic E-state index is -3.67. The van der Waals surface area contributed by atoms with E-state index in [1.807, 2.05) is 0 Å². The first-order valence-electron chi connectivity index (χ1n) is 8.15. The van der Waals surface area contributed by atoms with Gasteiger partial charge >= 0.3 is 0 Å². The Balaban J connectivity index is 1.81. The van der Waals surface area contributed by atoms with Gasteiger partial charge in [-0.15, -0.1) is 21.5 Å². The number of nitrogens with zero attached hydrogens (tertiary/aromatic N) is 5. The summed E-state index contributed by atoms with van der Waals surface area (Å²) in [5, 5.41) is 7.61. The second-order valence-corrected chi connectivity index (χ2v) is 10.0. The van der Waals surface area contributed by atoms with E-state index < -0.39 is 21.4 Å². The summed E-state index contributed by atoms with van der Waals surface area (Å²) in [5.41, 5.74) is 5.10. The molecule has 0 saturated carbocycles. The van der Waals surface area contributed by atoms with E-state index in [2.05, 4.69) is 20.2 Å². The first kappa shape index (κ1) is 19.7. The van der Waals surface area contributed by atoms with Crippen molar-refractivity contribution in [3.05, 3.63) is 40.4 Å². The Morgan fingerprint density at radius 3 is 2.83 bits per heavy atom. The van der Waals surface area contributed by atoms with Crippen molar-refractivity contribution in [1.82, 2.24) is 19.5 Å². The second-order valence-electron chi connectivity index (χ2n) is 6.55. The van der Waals surface area contributed by atoms with Gasteiger partial charge in [-0.3, -0.25) is 0 Å². The van der Waals surface area contributed by atoms with E-state index in [4.69, 9.17) is 21.8 Å². The Bertz CT molecular complexity index is 1230. The molecule has 9 nitrogen and oxygen atoms in total. The Hall–Kier alpha value is -2.57. The fourth-order valence-electron chi connectivity index (χ4n) is 2.96. The van der Waals surface area contributed by atoms with Crippen LogP contribution in [0.1, 0.15) is 11.8 Å². The number of aromatic nitrogens is 3. The molecule has 1 atom stereocenters. The number of sulfonamides is 1. The number of rotatable bonds is 3. The van der Waals surface area contributed by atoms with Crippen molar-refractivity contribution in [2.24, 2.45) is 10.7 Å². The minimum absolute atomic E-state index is 0.139. The number of thiophene rings is 1. The largest absolute Gasteiger partial charge is 0.422 e. The highest BCUT2D eigenvalue weighted by molar-refractivity contribution is 7.89. The van der Waals surface area contributed by atoms with Crippen LogP contribution in [0, 0.1) is 5.82 Å². The topological polar surface area (TPSA) is 128 Å². The molecule has 4 heterocycles. The van der Waals surface area contributed by atoms with Crippen LogP contribution in [0.15, 0.2) is 34.1 Å². The Morgan fingerprint density at radius 2 is 2.17 bits per heavy atom. The fraction of sp³-hybridized carbons (Fsp3) is 0.250. The van der Waals surface area contributed by atoms with Crippen LogP contribution in [-0.4, -0.2) is 46.7 Å². The van der Waals surface area contributed by atoms with Gasteiger partial charge in [0.1, 0.15) is 17.1 Å². The predicted molar refractivity (Wildman–Crippen MR) is 106 cm³/mol. The molecule has 152 valence electrons. The van der Waals surface area contributed by atoms with Gasteiger partial charge in [-0.1, -0.05) is 11.6 Å². The van der Waals surface area contributed by atoms with Crippen LogP contribution in [0.5, 0.6) is 0 Å². The van der Waals surface area contributed by atoms with Crippen molar-refractivity contribution >= 4 is 38.9 Å². The smallest absolute Gasteiger partial charge is 0.266 e. The number of hydrogen-bond acceptors (Lipinski definition) is 9. The normalized spacial score (nSPS) is 21.2. The lowest BCUT2D eigenvalue weighted by Crippen LogP contribution is -2.50. The third-order valence-electron chi connectivity index (χ3n) is 4.44. The van der Waals surface area contributed by atoms with Crippen LogP contribution in [0.25, 0.3) is 22.0 Å². The van der Waals surface area contributed by atoms with E-state index in [1.165, 1.54) is 13.1 Å². The van der Waals surface area contributed by atoms with Gasteiger partial charge in [0.2, 0.25) is 22.4 Å². The van der Waals surface area contributed by atoms with Crippen LogP contribution in [0.3, 0.4) is 0 Å². The van der Waals surface area contributed by atoms with E-state index in [-0.39, 0.29) is 28.2 Å². The number of halogens is 2. The quantitative estimate of drug-likeness (QED) is 0.641. The SMILES string of the molecule is CN1C(N)=NC(C)(c2sc(-c3cc(-c4nnco4)ncc3F)cc2Cl)CS1(=O)=O. The van der Waals surface area contributed by atoms with E-state index in [1.54, 1.807) is 13.0 Å². The Labute approximate surface area is 174 Å². The minimum Gasteiger partial charge on any atom is -0.422 e. The number of hydrogen-bond donors (Lipinski definition) is 1. The summed E-state index contributed by atoms with van der Waals surface area (Å²) < 4.78 is 45.4. The molecule has 0 saturated heterocycles. The molecule has 29 heavy (non-hydrogen) atoms. The number of aliphatic imine (C=N–C) groups is 1. The highest BCUT2D eigenvalue weighted by Gasteiger charge is 2.42. The van der Waals surface area contributed by atoms with Crippen molar-refractivity contribution in [3.63, 3.8) is 0 Å². The molecule has 0 amide bonds. The van der Waals surface area contributed by atoms with Crippen molar-refractivity contribution in [2.75, 3.05) is 12.8 Å². The lowest BCUT2D eigenvalue weighted by molar-refractivity contribution is 0.482. The van der Waals surface area contributed by atoms with Crippen LogP contribution < -0.4 is 5.73 Å². The molecule has 1 aliphatic heterocycles. The summed E-state index contributed by atoms with van der Waals surface area (Å²) in [5.74, 6) is -0.900. The third-order valence-corrected chi connectivity index (χ3v) is 8.22. The van der Waals surface area contributed by atoms with Crippen molar-refractivity contribution in [1.29, 1.82) is 0 Å². The van der Waals surface area contributed by atoms with E-state index in [9.17, 15) is 12.8 Å². The molecule has 0 aromatic carbocycles. The third kappa shape index (κ3) is 3.36. The number of guanidine groups is 1. The Morgan fingerprint density at radius 1 is 1.41 bits per heavy atom. The fourth-order valence-corrected chi connectivity index (χ4v) is 6.14. The zero-order valence-electron chi connectivity index (χ0n) is 15.1. The lowest BCUT2D eigenvalue weighted by atomic mass is 10.0. The van der Waals surface area contributed by atoms with Gasteiger partial charge in [0, 0.05) is 17.5 Å². The second kappa shape index (κ2) is 6.75. The van der Waals surface area contributed by atoms with E-state index in [0.717, 1.165) is 28.2 Å². The molecular formula is C16H14ClFN6O3S2. The zero-order valence-corrected chi connectivity index (χ0v) is 17.5. The molecule has 1 unspecified atom stereocenters. The molecule has 1 aliphatic rings. The molecule has 0 fully saturated rings. The van der Waals surface area contributed by atoms with Crippen LogP contribution >= 0.6 is 22.9 Å². The van der Waals surface area contributed by atoms with Gasteiger partial charge in [0.15, 0.2) is 0 Å². The molecule has 4 rings (SSSR count). The molecule has 0 spiro atoms. The van der Waals surface area contributed by atoms with Crippen LogP contribution in [-0.2, 0) is 15.6 Å². The summed E-state index contributed by atoms with van der Waals surface area (Å²) in [6.45, 7) is 1.62. The molecule has 3 aromatic heterocycles. The predicted octanol–water partition coefficient (Wildman–Crippen LogP) is 2.46. The summed E-state index contributed by atoms with van der Waals surface area (Å²) in [7, 11) is -2.34. The maximum Gasteiger partial charge on any atom is 0.266 e. The monoisotopic (exact) mass is 456 g/mol. The summed E-state index contributed by atoms with van der Waals surface area (Å²) in [4.78, 5) is 9.22. The van der Waals surface area contributed by atoms with Crippen molar-refractivity contribution in [2.45, 2.75) is 12.5 Å². The lowest BCUT2D eigenvalue weighted by Gasteiger charge is -2.33. The molecule has 13 heteroatoms. The average Bonchev–Trinajstić information content (AvgIpc) is 3.30. The van der Waals surface area contributed by atoms with Gasteiger partial charge in [-0.25, -0.2) is 27.1 Å². The summed E-state index contributed by atoms with van der Waals surface area (Å²) >= 11 is 7.53.